The lowest BCUT2D eigenvalue weighted by molar-refractivity contribution is -0.113. The van der Waals surface area contributed by atoms with Crippen molar-refractivity contribution < 1.29 is 4.79 Å². The maximum absolute atomic E-state index is 11.9. The number of H-pyrrole nitrogens is 1. The molecule has 2 N–H and O–H groups in total. The Bertz CT molecular complexity index is 684. The van der Waals surface area contributed by atoms with Crippen molar-refractivity contribution in [3.8, 4) is 0 Å². The molecule has 0 atom stereocenters. The molecular weight excluding hydrogens is 276 g/mol. The van der Waals surface area contributed by atoms with E-state index in [4.69, 9.17) is 0 Å². The zero-order valence-corrected chi connectivity index (χ0v) is 12.0. The van der Waals surface area contributed by atoms with Crippen molar-refractivity contribution in [3.63, 3.8) is 0 Å². The van der Waals surface area contributed by atoms with Gasteiger partial charge in [0.25, 0.3) is 5.56 Å². The fourth-order valence-corrected chi connectivity index (χ4v) is 2.17. The van der Waals surface area contributed by atoms with Crippen LogP contribution in [-0.2, 0) is 4.79 Å². The van der Waals surface area contributed by atoms with Crippen LogP contribution in [0.2, 0.25) is 0 Å². The van der Waals surface area contributed by atoms with Crippen molar-refractivity contribution in [3.05, 3.63) is 45.9 Å². The number of hydrogen-bond acceptors (Lipinski definition) is 5. The fraction of sp³-hybridized carbons (Fsp3) is 0.231. The highest BCUT2D eigenvalue weighted by molar-refractivity contribution is 7.99. The minimum Gasteiger partial charge on any atom is -0.325 e. The first kappa shape index (κ1) is 14.3. The molecule has 0 saturated carbocycles. The van der Waals surface area contributed by atoms with Crippen molar-refractivity contribution >= 4 is 23.4 Å². The van der Waals surface area contributed by atoms with Gasteiger partial charge in [-0.05, 0) is 31.0 Å². The number of nitrogens with zero attached hydrogens (tertiary/aromatic N) is 2. The molecule has 0 bridgehead atoms. The van der Waals surface area contributed by atoms with Gasteiger partial charge >= 0.3 is 0 Å². The maximum atomic E-state index is 11.9. The van der Waals surface area contributed by atoms with Gasteiger partial charge in [-0.1, -0.05) is 23.9 Å². The topological polar surface area (TPSA) is 87.7 Å². The Morgan fingerprint density at radius 3 is 2.95 bits per heavy atom. The summed E-state index contributed by atoms with van der Waals surface area (Å²) in [6.07, 6.45) is 1.08. The van der Waals surface area contributed by atoms with E-state index >= 15 is 0 Å². The Hall–Kier alpha value is -2.15. The van der Waals surface area contributed by atoms with Crippen molar-refractivity contribution in [1.82, 2.24) is 15.2 Å². The summed E-state index contributed by atoms with van der Waals surface area (Å²) in [5.41, 5.74) is 2.54. The van der Waals surface area contributed by atoms with Crippen molar-refractivity contribution in [2.24, 2.45) is 0 Å². The fourth-order valence-electron chi connectivity index (χ4n) is 1.55. The summed E-state index contributed by atoms with van der Waals surface area (Å²) in [5, 5.41) is 10.4. The average molecular weight is 290 g/mol. The van der Waals surface area contributed by atoms with Gasteiger partial charge in [-0.3, -0.25) is 14.6 Å². The molecular formula is C13H14N4O2S. The molecule has 0 fully saturated rings. The Kier molecular flexibility index (Phi) is 4.52. The molecule has 1 heterocycles. The highest BCUT2D eigenvalue weighted by atomic mass is 32.2. The van der Waals surface area contributed by atoms with E-state index in [0.717, 1.165) is 34.8 Å². The van der Waals surface area contributed by atoms with E-state index in [0.29, 0.717) is 5.16 Å². The van der Waals surface area contributed by atoms with Crippen LogP contribution in [0.5, 0.6) is 0 Å². The van der Waals surface area contributed by atoms with E-state index in [9.17, 15) is 9.59 Å². The second-order valence-electron chi connectivity index (χ2n) is 4.29. The zero-order valence-electron chi connectivity index (χ0n) is 11.1. The third-order valence-corrected chi connectivity index (χ3v) is 3.42. The Morgan fingerprint density at radius 1 is 1.40 bits per heavy atom. The van der Waals surface area contributed by atoms with Gasteiger partial charge in [0.2, 0.25) is 5.91 Å². The molecule has 0 aliphatic heterocycles. The summed E-state index contributed by atoms with van der Waals surface area (Å²) >= 11 is 1.13. The number of nitrogens with one attached hydrogen (secondary N) is 2. The van der Waals surface area contributed by atoms with Crippen molar-refractivity contribution in [2.75, 3.05) is 11.1 Å². The van der Waals surface area contributed by atoms with Crippen LogP contribution in [-0.4, -0.2) is 26.8 Å². The second kappa shape index (κ2) is 6.33. The van der Waals surface area contributed by atoms with Gasteiger partial charge in [0.15, 0.2) is 5.16 Å². The van der Waals surface area contributed by atoms with E-state index in [1.165, 1.54) is 0 Å². The molecule has 0 radical (unpaired) electrons. The normalized spacial score (nSPS) is 10.3. The molecule has 0 aliphatic carbocycles. The van der Waals surface area contributed by atoms with Crippen LogP contribution in [0, 0.1) is 13.8 Å². The standard InChI is InChI=1S/C13H14N4O2S/c1-8-3-4-9(2)10(5-8)15-12(19)7-20-13-16-11(18)6-14-17-13/h3-6H,7H2,1-2H3,(H,15,19)(H,16,17,18). The van der Waals surface area contributed by atoms with E-state index in [1.807, 2.05) is 32.0 Å². The third kappa shape index (κ3) is 3.92. The summed E-state index contributed by atoms with van der Waals surface area (Å²) in [6.45, 7) is 3.90. The SMILES string of the molecule is Cc1ccc(C)c(NC(=O)CSc2nncc(=O)[nH]2)c1. The molecule has 1 amide bonds. The predicted molar refractivity (Wildman–Crippen MR) is 77.9 cm³/mol. The molecule has 0 unspecified atom stereocenters. The lowest BCUT2D eigenvalue weighted by Crippen LogP contribution is -2.16. The van der Waals surface area contributed by atoms with Gasteiger partial charge < -0.3 is 5.32 Å². The number of rotatable bonds is 4. The van der Waals surface area contributed by atoms with Crippen LogP contribution < -0.4 is 10.9 Å². The van der Waals surface area contributed by atoms with Gasteiger partial charge in [-0.25, -0.2) is 0 Å². The molecule has 2 rings (SSSR count). The average Bonchev–Trinajstić information content (AvgIpc) is 2.41. The summed E-state index contributed by atoms with van der Waals surface area (Å²) in [6, 6.07) is 5.87. The van der Waals surface area contributed by atoms with E-state index in [-0.39, 0.29) is 17.2 Å². The molecule has 6 nitrogen and oxygen atoms in total. The number of carbonyl (C=O) groups is 1. The summed E-state index contributed by atoms with van der Waals surface area (Å²) in [7, 11) is 0. The number of carbonyl (C=O) groups excluding carboxylic acids is 1. The second-order valence-corrected chi connectivity index (χ2v) is 5.26. The van der Waals surface area contributed by atoms with Crippen LogP contribution >= 0.6 is 11.8 Å². The van der Waals surface area contributed by atoms with Crippen molar-refractivity contribution in [1.29, 1.82) is 0 Å². The smallest absolute Gasteiger partial charge is 0.270 e. The van der Waals surface area contributed by atoms with E-state index < -0.39 is 0 Å². The lowest BCUT2D eigenvalue weighted by atomic mass is 10.1. The Balaban J connectivity index is 1.96. The molecule has 0 aliphatic rings. The molecule has 104 valence electrons. The first-order valence-electron chi connectivity index (χ1n) is 5.96. The summed E-state index contributed by atoms with van der Waals surface area (Å²) in [5.74, 6) is -0.00244. The van der Waals surface area contributed by atoms with Crippen LogP contribution in [0.3, 0.4) is 0 Å². The zero-order chi connectivity index (χ0) is 14.5. The highest BCUT2D eigenvalue weighted by Crippen LogP contribution is 2.17. The minimum absolute atomic E-state index is 0.155. The van der Waals surface area contributed by atoms with Crippen molar-refractivity contribution in [2.45, 2.75) is 19.0 Å². The molecule has 2 aromatic rings. The number of aromatic amines is 1. The van der Waals surface area contributed by atoms with Gasteiger partial charge in [-0.15, -0.1) is 5.10 Å². The maximum Gasteiger partial charge on any atom is 0.270 e. The monoisotopic (exact) mass is 290 g/mol. The molecule has 20 heavy (non-hydrogen) atoms. The lowest BCUT2D eigenvalue weighted by Gasteiger charge is -2.08. The first-order valence-corrected chi connectivity index (χ1v) is 6.95. The number of aromatic nitrogens is 3. The van der Waals surface area contributed by atoms with Gasteiger partial charge in [-0.2, -0.15) is 5.10 Å². The Morgan fingerprint density at radius 2 is 2.20 bits per heavy atom. The quantitative estimate of drug-likeness (QED) is 0.833. The van der Waals surface area contributed by atoms with E-state index in [1.54, 1.807) is 0 Å². The number of aryl methyl sites for hydroxylation is 2. The first-order chi connectivity index (χ1) is 9.54. The Labute approximate surface area is 120 Å². The minimum atomic E-state index is -0.336. The number of benzene rings is 1. The number of anilines is 1. The highest BCUT2D eigenvalue weighted by Gasteiger charge is 2.07. The number of amides is 1. The van der Waals surface area contributed by atoms with Gasteiger partial charge in [0.05, 0.1) is 5.75 Å². The third-order valence-electron chi connectivity index (χ3n) is 2.56. The number of thioether (sulfide) groups is 1. The van der Waals surface area contributed by atoms with E-state index in [2.05, 4.69) is 20.5 Å². The summed E-state index contributed by atoms with van der Waals surface area (Å²) < 4.78 is 0. The molecule has 1 aromatic carbocycles. The van der Waals surface area contributed by atoms with Crippen LogP contribution in [0.4, 0.5) is 5.69 Å². The number of hydrogen-bond donors (Lipinski definition) is 2. The molecule has 1 aromatic heterocycles. The van der Waals surface area contributed by atoms with Gasteiger partial charge in [0.1, 0.15) is 6.20 Å². The molecule has 0 spiro atoms. The molecule has 0 saturated heterocycles. The predicted octanol–water partition coefficient (Wildman–Crippen LogP) is 1.51. The van der Waals surface area contributed by atoms with Crippen LogP contribution in [0.15, 0.2) is 34.3 Å². The summed E-state index contributed by atoms with van der Waals surface area (Å²) in [4.78, 5) is 25.4. The van der Waals surface area contributed by atoms with Crippen LogP contribution in [0.25, 0.3) is 0 Å². The largest absolute Gasteiger partial charge is 0.325 e. The van der Waals surface area contributed by atoms with Gasteiger partial charge in [0, 0.05) is 5.69 Å². The molecule has 7 heteroatoms. The van der Waals surface area contributed by atoms with Crippen LogP contribution in [0.1, 0.15) is 11.1 Å².